The summed E-state index contributed by atoms with van der Waals surface area (Å²) in [4.78, 5) is 25.1. The highest BCUT2D eigenvalue weighted by Gasteiger charge is 2.18. The normalized spacial score (nSPS) is 11.0. The van der Waals surface area contributed by atoms with Crippen LogP contribution in [-0.4, -0.2) is 20.2 Å². The van der Waals surface area contributed by atoms with Crippen LogP contribution in [-0.2, 0) is 10.0 Å². The standard InChI is InChI=1S/C26H18F3N3O4S/c27-17-8-10-18(11-9-17)30-26(34)21-6-1-2-7-24(21)31-25(33)16-4-3-5-19(14-16)32-37(35,36)20-12-13-22(28)23(29)15-20/h1-15,32H,(H,30,34)(H,31,33). The maximum Gasteiger partial charge on any atom is 0.261 e. The number of hydrogen-bond acceptors (Lipinski definition) is 4. The molecule has 0 heterocycles. The van der Waals surface area contributed by atoms with E-state index in [2.05, 4.69) is 15.4 Å². The topological polar surface area (TPSA) is 104 Å². The highest BCUT2D eigenvalue weighted by atomic mass is 32.2. The van der Waals surface area contributed by atoms with Crippen LogP contribution < -0.4 is 15.4 Å². The van der Waals surface area contributed by atoms with E-state index < -0.39 is 44.2 Å². The molecule has 4 rings (SSSR count). The fourth-order valence-corrected chi connectivity index (χ4v) is 4.36. The van der Waals surface area contributed by atoms with Crippen LogP contribution >= 0.6 is 0 Å². The zero-order chi connectivity index (χ0) is 26.6. The Morgan fingerprint density at radius 3 is 2.11 bits per heavy atom. The fourth-order valence-electron chi connectivity index (χ4n) is 3.30. The average Bonchev–Trinajstić information content (AvgIpc) is 2.87. The first kappa shape index (κ1) is 25.5. The van der Waals surface area contributed by atoms with E-state index in [-0.39, 0.29) is 22.5 Å². The number of benzene rings is 4. The zero-order valence-electron chi connectivity index (χ0n) is 18.8. The molecular weight excluding hydrogens is 507 g/mol. The average molecular weight is 526 g/mol. The molecule has 11 heteroatoms. The lowest BCUT2D eigenvalue weighted by atomic mass is 10.1. The summed E-state index contributed by atoms with van der Waals surface area (Å²) in [5.74, 6) is -4.16. The van der Waals surface area contributed by atoms with Crippen LogP contribution in [0.3, 0.4) is 0 Å². The lowest BCUT2D eigenvalue weighted by Gasteiger charge is -2.13. The number of amides is 2. The number of para-hydroxylation sites is 1. The van der Waals surface area contributed by atoms with Gasteiger partial charge >= 0.3 is 0 Å². The Bertz CT molecular complexity index is 1590. The Kier molecular flexibility index (Phi) is 7.25. The molecule has 0 aliphatic heterocycles. The SMILES string of the molecule is O=C(Nc1ccccc1C(=O)Nc1ccc(F)cc1)c1cccc(NS(=O)(=O)c2ccc(F)c(F)c2)c1. The number of hydrogen-bond donors (Lipinski definition) is 3. The van der Waals surface area contributed by atoms with Gasteiger partial charge in [-0.2, -0.15) is 0 Å². The quantitative estimate of drug-likeness (QED) is 0.300. The van der Waals surface area contributed by atoms with Crippen LogP contribution in [0.15, 0.2) is 95.9 Å². The minimum Gasteiger partial charge on any atom is -0.322 e. The molecule has 4 aromatic rings. The van der Waals surface area contributed by atoms with Crippen LogP contribution in [0.5, 0.6) is 0 Å². The molecule has 7 nitrogen and oxygen atoms in total. The van der Waals surface area contributed by atoms with Crippen molar-refractivity contribution < 1.29 is 31.2 Å². The van der Waals surface area contributed by atoms with E-state index >= 15 is 0 Å². The van der Waals surface area contributed by atoms with Crippen LogP contribution in [0.4, 0.5) is 30.2 Å². The van der Waals surface area contributed by atoms with Gasteiger partial charge in [0.05, 0.1) is 16.1 Å². The van der Waals surface area contributed by atoms with Gasteiger partial charge < -0.3 is 10.6 Å². The number of carbonyl (C=O) groups is 2. The van der Waals surface area contributed by atoms with Crippen molar-refractivity contribution in [3.63, 3.8) is 0 Å². The molecule has 0 aromatic heterocycles. The first-order valence-electron chi connectivity index (χ1n) is 10.7. The third kappa shape index (κ3) is 6.14. The molecule has 0 spiro atoms. The Balaban J connectivity index is 1.51. The van der Waals surface area contributed by atoms with E-state index in [1.54, 1.807) is 12.1 Å². The zero-order valence-corrected chi connectivity index (χ0v) is 19.7. The first-order chi connectivity index (χ1) is 17.6. The Morgan fingerprint density at radius 1 is 0.649 bits per heavy atom. The van der Waals surface area contributed by atoms with Crippen molar-refractivity contribution in [2.24, 2.45) is 0 Å². The molecule has 3 N–H and O–H groups in total. The molecule has 37 heavy (non-hydrogen) atoms. The van der Waals surface area contributed by atoms with Crippen molar-refractivity contribution in [3.8, 4) is 0 Å². The molecule has 0 saturated heterocycles. The van der Waals surface area contributed by atoms with E-state index in [9.17, 15) is 31.2 Å². The Labute approximate surface area is 210 Å². The van der Waals surface area contributed by atoms with E-state index in [1.807, 2.05) is 0 Å². The summed E-state index contributed by atoms with van der Waals surface area (Å²) >= 11 is 0. The third-order valence-corrected chi connectivity index (χ3v) is 6.48. The summed E-state index contributed by atoms with van der Waals surface area (Å²) in [5.41, 5.74) is 0.725. The molecule has 0 radical (unpaired) electrons. The number of nitrogens with one attached hydrogen (secondary N) is 3. The predicted octanol–water partition coefficient (Wildman–Crippen LogP) is 5.41. The van der Waals surface area contributed by atoms with Crippen molar-refractivity contribution in [2.75, 3.05) is 15.4 Å². The Hall–Kier alpha value is -4.64. The van der Waals surface area contributed by atoms with Gasteiger partial charge in [-0.15, -0.1) is 0 Å². The van der Waals surface area contributed by atoms with Gasteiger partial charge in [-0.05, 0) is 72.8 Å². The Morgan fingerprint density at radius 2 is 1.38 bits per heavy atom. The van der Waals surface area contributed by atoms with E-state index in [0.717, 1.165) is 6.07 Å². The molecular formula is C26H18F3N3O4S. The van der Waals surface area contributed by atoms with Gasteiger partial charge in [0, 0.05) is 16.9 Å². The van der Waals surface area contributed by atoms with Crippen LogP contribution in [0.1, 0.15) is 20.7 Å². The second-order valence-electron chi connectivity index (χ2n) is 7.72. The molecule has 2 amide bonds. The summed E-state index contributed by atoms with van der Waals surface area (Å²) < 4.78 is 67.1. The van der Waals surface area contributed by atoms with Crippen molar-refractivity contribution in [3.05, 3.63) is 120 Å². The van der Waals surface area contributed by atoms with Crippen molar-refractivity contribution in [1.82, 2.24) is 0 Å². The molecule has 0 saturated carbocycles. The van der Waals surface area contributed by atoms with Gasteiger partial charge in [0.1, 0.15) is 5.82 Å². The highest BCUT2D eigenvalue weighted by molar-refractivity contribution is 7.92. The molecule has 0 unspecified atom stereocenters. The van der Waals surface area contributed by atoms with E-state index in [1.165, 1.54) is 60.7 Å². The monoisotopic (exact) mass is 525 g/mol. The number of anilines is 3. The van der Waals surface area contributed by atoms with Crippen LogP contribution in [0, 0.1) is 17.5 Å². The summed E-state index contributed by atoms with van der Waals surface area (Å²) in [6.07, 6.45) is 0. The summed E-state index contributed by atoms with van der Waals surface area (Å²) in [7, 11) is -4.27. The largest absolute Gasteiger partial charge is 0.322 e. The summed E-state index contributed by atoms with van der Waals surface area (Å²) in [5, 5.41) is 5.22. The van der Waals surface area contributed by atoms with Crippen LogP contribution in [0.2, 0.25) is 0 Å². The van der Waals surface area contributed by atoms with Crippen LogP contribution in [0.25, 0.3) is 0 Å². The predicted molar refractivity (Wildman–Crippen MR) is 132 cm³/mol. The number of carbonyl (C=O) groups excluding carboxylic acids is 2. The minimum atomic E-state index is -4.27. The third-order valence-electron chi connectivity index (χ3n) is 5.10. The molecule has 0 aliphatic rings. The van der Waals surface area contributed by atoms with Gasteiger partial charge in [-0.25, -0.2) is 21.6 Å². The lowest BCUT2D eigenvalue weighted by Crippen LogP contribution is -2.18. The molecule has 188 valence electrons. The van der Waals surface area contributed by atoms with Crippen molar-refractivity contribution in [2.45, 2.75) is 4.90 Å². The van der Waals surface area contributed by atoms with Gasteiger partial charge in [-0.3, -0.25) is 14.3 Å². The van der Waals surface area contributed by atoms with Gasteiger partial charge in [0.25, 0.3) is 21.8 Å². The highest BCUT2D eigenvalue weighted by Crippen LogP contribution is 2.22. The maximum absolute atomic E-state index is 13.5. The maximum atomic E-state index is 13.5. The molecule has 0 atom stereocenters. The smallest absolute Gasteiger partial charge is 0.261 e. The second-order valence-corrected chi connectivity index (χ2v) is 9.41. The van der Waals surface area contributed by atoms with Gasteiger partial charge in [0.15, 0.2) is 11.6 Å². The first-order valence-corrected chi connectivity index (χ1v) is 12.2. The molecule has 0 aliphatic carbocycles. The number of rotatable bonds is 7. The summed E-state index contributed by atoms with van der Waals surface area (Å²) in [6, 6.07) is 19.0. The molecule has 0 bridgehead atoms. The minimum absolute atomic E-state index is 0.000258. The molecule has 4 aromatic carbocycles. The van der Waals surface area contributed by atoms with E-state index in [4.69, 9.17) is 0 Å². The summed E-state index contributed by atoms with van der Waals surface area (Å²) in [6.45, 7) is 0. The van der Waals surface area contributed by atoms with Gasteiger partial charge in [0.2, 0.25) is 0 Å². The van der Waals surface area contributed by atoms with Crippen molar-refractivity contribution >= 4 is 38.9 Å². The van der Waals surface area contributed by atoms with Crippen molar-refractivity contribution in [1.29, 1.82) is 0 Å². The van der Waals surface area contributed by atoms with Gasteiger partial charge in [-0.1, -0.05) is 18.2 Å². The molecule has 0 fully saturated rings. The lowest BCUT2D eigenvalue weighted by molar-refractivity contribution is 0.102. The fraction of sp³-hybridized carbons (Fsp3) is 0. The van der Waals surface area contributed by atoms with E-state index in [0.29, 0.717) is 17.8 Å². The number of sulfonamides is 1. The number of halogens is 3. The second kappa shape index (κ2) is 10.5.